The molecule has 2 N–H and O–H groups in total. The molecule has 0 bridgehead atoms. The Labute approximate surface area is 151 Å². The zero-order valence-corrected chi connectivity index (χ0v) is 14.5. The largest absolute Gasteiger partial charge is 0.382 e. The molecule has 0 saturated carbocycles. The third-order valence-corrected chi connectivity index (χ3v) is 4.74. The van der Waals surface area contributed by atoms with Gasteiger partial charge in [0.05, 0.1) is 5.69 Å². The highest BCUT2D eigenvalue weighted by Gasteiger charge is 2.19. The quantitative estimate of drug-likeness (QED) is 0.587. The summed E-state index contributed by atoms with van der Waals surface area (Å²) in [6, 6.07) is 11.0. The minimum absolute atomic E-state index is 0.0966. The van der Waals surface area contributed by atoms with Crippen molar-refractivity contribution in [3.63, 3.8) is 0 Å². The molecule has 5 nitrogen and oxygen atoms in total. The van der Waals surface area contributed by atoms with Gasteiger partial charge in [-0.05, 0) is 19.1 Å². The SMILES string of the molecule is Cc1ccc(-c2csc(-c3nnn(-c4cc(F)ccc4F)c3N)n2)cc1. The molecule has 0 aliphatic rings. The molecule has 0 aliphatic carbocycles. The van der Waals surface area contributed by atoms with Gasteiger partial charge in [0, 0.05) is 17.0 Å². The zero-order chi connectivity index (χ0) is 18.3. The molecule has 0 unspecified atom stereocenters. The van der Waals surface area contributed by atoms with E-state index in [0.717, 1.165) is 39.7 Å². The van der Waals surface area contributed by atoms with Crippen molar-refractivity contribution in [1.29, 1.82) is 0 Å². The van der Waals surface area contributed by atoms with Crippen molar-refractivity contribution >= 4 is 17.2 Å². The van der Waals surface area contributed by atoms with Gasteiger partial charge in [0.15, 0.2) is 11.5 Å². The zero-order valence-electron chi connectivity index (χ0n) is 13.6. The fraction of sp³-hybridized carbons (Fsp3) is 0.0556. The molecule has 0 fully saturated rings. The Hall–Kier alpha value is -3.13. The Morgan fingerprint density at radius 3 is 2.62 bits per heavy atom. The van der Waals surface area contributed by atoms with Crippen LogP contribution in [0.1, 0.15) is 5.56 Å². The molecule has 0 radical (unpaired) electrons. The molecular formula is C18H13F2N5S. The van der Waals surface area contributed by atoms with E-state index in [1.54, 1.807) is 0 Å². The van der Waals surface area contributed by atoms with Gasteiger partial charge in [-0.15, -0.1) is 16.4 Å². The summed E-state index contributed by atoms with van der Waals surface area (Å²) in [4.78, 5) is 4.54. The van der Waals surface area contributed by atoms with Gasteiger partial charge in [-0.2, -0.15) is 4.68 Å². The maximum Gasteiger partial charge on any atom is 0.165 e. The van der Waals surface area contributed by atoms with Gasteiger partial charge >= 0.3 is 0 Å². The second-order valence-electron chi connectivity index (χ2n) is 5.73. The Morgan fingerprint density at radius 1 is 1.08 bits per heavy atom. The number of halogens is 2. The first kappa shape index (κ1) is 16.3. The summed E-state index contributed by atoms with van der Waals surface area (Å²) >= 11 is 1.36. The van der Waals surface area contributed by atoms with Crippen LogP contribution < -0.4 is 5.73 Å². The molecule has 2 aromatic carbocycles. The number of nitrogens with two attached hydrogens (primary N) is 1. The molecule has 2 aromatic heterocycles. The van der Waals surface area contributed by atoms with Gasteiger partial charge in [0.2, 0.25) is 0 Å². The predicted octanol–water partition coefficient (Wildman–Crippen LogP) is 4.23. The van der Waals surface area contributed by atoms with E-state index in [4.69, 9.17) is 5.73 Å². The maximum atomic E-state index is 14.0. The summed E-state index contributed by atoms with van der Waals surface area (Å²) in [5.41, 5.74) is 9.22. The Balaban J connectivity index is 1.73. The van der Waals surface area contributed by atoms with E-state index in [2.05, 4.69) is 15.3 Å². The average Bonchev–Trinajstić information content (AvgIpc) is 3.24. The molecule has 0 atom stereocenters. The highest BCUT2D eigenvalue weighted by molar-refractivity contribution is 7.13. The number of aryl methyl sites for hydroxylation is 1. The number of nitrogen functional groups attached to an aromatic ring is 1. The molecule has 26 heavy (non-hydrogen) atoms. The van der Waals surface area contributed by atoms with Crippen molar-refractivity contribution in [2.24, 2.45) is 0 Å². The van der Waals surface area contributed by atoms with Gasteiger partial charge < -0.3 is 5.73 Å². The van der Waals surface area contributed by atoms with E-state index in [-0.39, 0.29) is 11.5 Å². The van der Waals surface area contributed by atoms with Crippen LogP contribution in [-0.2, 0) is 0 Å². The van der Waals surface area contributed by atoms with E-state index in [0.29, 0.717) is 10.7 Å². The van der Waals surface area contributed by atoms with E-state index in [1.807, 2.05) is 36.6 Å². The topological polar surface area (TPSA) is 69.6 Å². The minimum Gasteiger partial charge on any atom is -0.382 e. The lowest BCUT2D eigenvalue weighted by molar-refractivity contribution is 0.585. The van der Waals surface area contributed by atoms with Crippen molar-refractivity contribution in [3.05, 3.63) is 65.0 Å². The molecule has 8 heteroatoms. The summed E-state index contributed by atoms with van der Waals surface area (Å²) in [6.45, 7) is 2.01. The first-order valence-electron chi connectivity index (χ1n) is 7.72. The first-order valence-corrected chi connectivity index (χ1v) is 8.60. The number of hydrogen-bond donors (Lipinski definition) is 1. The minimum atomic E-state index is -0.644. The molecule has 2 heterocycles. The van der Waals surface area contributed by atoms with E-state index < -0.39 is 11.6 Å². The smallest absolute Gasteiger partial charge is 0.165 e. The van der Waals surface area contributed by atoms with Gasteiger partial charge in [-0.25, -0.2) is 13.8 Å². The van der Waals surface area contributed by atoms with Crippen molar-refractivity contribution in [2.75, 3.05) is 5.73 Å². The lowest BCUT2D eigenvalue weighted by Gasteiger charge is -2.04. The van der Waals surface area contributed by atoms with E-state index in [1.165, 1.54) is 11.3 Å². The predicted molar refractivity (Wildman–Crippen MR) is 97.0 cm³/mol. The van der Waals surface area contributed by atoms with Crippen LogP contribution in [0, 0.1) is 18.6 Å². The van der Waals surface area contributed by atoms with Gasteiger partial charge in [-0.3, -0.25) is 0 Å². The van der Waals surface area contributed by atoms with Gasteiger partial charge in [-0.1, -0.05) is 35.0 Å². The Kier molecular flexibility index (Phi) is 3.96. The molecule has 130 valence electrons. The number of thiazole rings is 1. The van der Waals surface area contributed by atoms with Crippen LogP contribution in [0.5, 0.6) is 0 Å². The second kappa shape index (κ2) is 6.30. The normalized spacial score (nSPS) is 11.0. The Morgan fingerprint density at radius 2 is 1.85 bits per heavy atom. The van der Waals surface area contributed by atoms with Crippen molar-refractivity contribution < 1.29 is 8.78 Å². The summed E-state index contributed by atoms with van der Waals surface area (Å²) < 4.78 is 28.5. The second-order valence-corrected chi connectivity index (χ2v) is 6.59. The van der Waals surface area contributed by atoms with Crippen LogP contribution >= 0.6 is 11.3 Å². The Bertz CT molecular complexity index is 1090. The average molecular weight is 369 g/mol. The molecule has 4 rings (SSSR count). The number of nitrogens with zero attached hydrogens (tertiary/aromatic N) is 4. The van der Waals surface area contributed by atoms with E-state index in [9.17, 15) is 8.78 Å². The first-order chi connectivity index (χ1) is 12.5. The van der Waals surface area contributed by atoms with Crippen LogP contribution in [0.4, 0.5) is 14.6 Å². The molecule has 4 aromatic rings. The number of rotatable bonds is 3. The van der Waals surface area contributed by atoms with Crippen molar-refractivity contribution in [1.82, 2.24) is 20.0 Å². The number of hydrogen-bond acceptors (Lipinski definition) is 5. The lowest BCUT2D eigenvalue weighted by Crippen LogP contribution is -2.05. The molecule has 0 amide bonds. The van der Waals surface area contributed by atoms with Crippen LogP contribution in [0.25, 0.3) is 27.6 Å². The third kappa shape index (κ3) is 2.84. The summed E-state index contributed by atoms with van der Waals surface area (Å²) in [7, 11) is 0. The van der Waals surface area contributed by atoms with Gasteiger partial charge in [0.25, 0.3) is 0 Å². The number of benzene rings is 2. The monoisotopic (exact) mass is 369 g/mol. The number of aromatic nitrogens is 4. The summed E-state index contributed by atoms with van der Waals surface area (Å²) in [5, 5.41) is 10.3. The third-order valence-electron chi connectivity index (χ3n) is 3.90. The van der Waals surface area contributed by atoms with Crippen LogP contribution in [0.15, 0.2) is 47.8 Å². The molecule has 0 saturated heterocycles. The lowest BCUT2D eigenvalue weighted by atomic mass is 10.1. The molecule has 0 spiro atoms. The van der Waals surface area contributed by atoms with Crippen LogP contribution in [0.2, 0.25) is 0 Å². The number of anilines is 1. The molecule has 0 aliphatic heterocycles. The highest BCUT2D eigenvalue weighted by Crippen LogP contribution is 2.32. The standard InChI is InChI=1S/C18H13F2N5S/c1-10-2-4-11(5-3-10)14-9-26-18(22-14)16-17(21)25(24-23-16)15-8-12(19)6-7-13(15)20/h2-9H,21H2,1H3. The van der Waals surface area contributed by atoms with Crippen LogP contribution in [0.3, 0.4) is 0 Å². The fourth-order valence-corrected chi connectivity index (χ4v) is 3.33. The maximum absolute atomic E-state index is 14.0. The van der Waals surface area contributed by atoms with Crippen molar-refractivity contribution in [3.8, 4) is 27.6 Å². The van der Waals surface area contributed by atoms with Gasteiger partial charge in [0.1, 0.15) is 22.3 Å². The fourth-order valence-electron chi connectivity index (χ4n) is 2.51. The van der Waals surface area contributed by atoms with Crippen LogP contribution in [-0.4, -0.2) is 20.0 Å². The van der Waals surface area contributed by atoms with E-state index >= 15 is 0 Å². The van der Waals surface area contributed by atoms with Crippen molar-refractivity contribution in [2.45, 2.75) is 6.92 Å². The summed E-state index contributed by atoms with van der Waals surface area (Å²) in [6.07, 6.45) is 0. The molecular weight excluding hydrogens is 356 g/mol. The summed E-state index contributed by atoms with van der Waals surface area (Å²) in [5.74, 6) is -1.14. The highest BCUT2D eigenvalue weighted by atomic mass is 32.1.